The van der Waals surface area contributed by atoms with Crippen molar-refractivity contribution in [3.8, 4) is 12.3 Å². The molecule has 0 bridgehead atoms. The number of rotatable bonds is 20. The van der Waals surface area contributed by atoms with Crippen molar-refractivity contribution in [2.45, 2.75) is 43.7 Å². The third-order valence-corrected chi connectivity index (χ3v) is 5.20. The van der Waals surface area contributed by atoms with Crippen molar-refractivity contribution in [2.24, 2.45) is 16.5 Å². The molecule has 0 saturated carbocycles. The van der Waals surface area contributed by atoms with Gasteiger partial charge in [0.05, 0.1) is 58.3 Å². The molecule has 0 aromatic carbocycles. The minimum atomic E-state index is -1.75. The number of nitrogens with two attached hydrogens (primary N) is 2. The standard InChI is InChI=1S/C24H39N5O11/c1-3-5-36-7-9-38-11-12-39-10-8-37-6-4-19(32)27-14-17(31)21(33)22-20(28-15(2)30)16(29-24(25)26)13-18(40-22)23(34)35/h1,13,16-17,20-22,31,33H,4-12,14H2,2H3,(H,27,32)(H,28,30)(H,34,35)(H4,25,26,29)/t16-,17+,20+,21+,22+/m0/s1. The highest BCUT2D eigenvalue weighted by molar-refractivity contribution is 5.85. The second-order valence-electron chi connectivity index (χ2n) is 8.40. The number of carboxylic acid groups (broad SMARTS) is 1. The number of nitrogens with zero attached hydrogens (tertiary/aromatic N) is 1. The van der Waals surface area contributed by atoms with Crippen molar-refractivity contribution in [2.75, 3.05) is 59.4 Å². The van der Waals surface area contributed by atoms with Gasteiger partial charge in [-0.2, -0.15) is 0 Å². The summed E-state index contributed by atoms with van der Waals surface area (Å²) in [4.78, 5) is 39.2. The van der Waals surface area contributed by atoms with Crippen LogP contribution in [0.15, 0.2) is 16.8 Å². The van der Waals surface area contributed by atoms with E-state index in [1.807, 2.05) is 0 Å². The molecule has 1 rings (SSSR count). The average molecular weight is 574 g/mol. The van der Waals surface area contributed by atoms with Gasteiger partial charge in [-0.1, -0.05) is 5.92 Å². The molecule has 0 saturated heterocycles. The third kappa shape index (κ3) is 14.1. The minimum Gasteiger partial charge on any atom is -0.478 e. The number of terminal acetylenes is 1. The van der Waals surface area contributed by atoms with Crippen molar-refractivity contribution in [3.63, 3.8) is 0 Å². The normalized spacial score (nSPS) is 19.8. The fraction of sp³-hybridized carbons (Fsp3) is 0.667. The third-order valence-electron chi connectivity index (χ3n) is 5.20. The van der Waals surface area contributed by atoms with Crippen LogP contribution in [0.1, 0.15) is 13.3 Å². The second-order valence-corrected chi connectivity index (χ2v) is 8.40. The number of nitrogens with one attached hydrogen (secondary N) is 2. The Morgan fingerprint density at radius 2 is 1.65 bits per heavy atom. The number of aliphatic hydroxyl groups excluding tert-OH is 2. The highest BCUT2D eigenvalue weighted by Gasteiger charge is 2.43. The number of carbonyl (C=O) groups excluding carboxylic acids is 2. The second kappa shape index (κ2) is 19.6. The molecule has 9 N–H and O–H groups in total. The molecular formula is C24H39N5O11. The van der Waals surface area contributed by atoms with Gasteiger partial charge in [-0.05, 0) is 6.08 Å². The number of carboxylic acids is 1. The Morgan fingerprint density at radius 1 is 1.07 bits per heavy atom. The largest absolute Gasteiger partial charge is 0.478 e. The number of carbonyl (C=O) groups is 3. The van der Waals surface area contributed by atoms with Crippen molar-refractivity contribution in [1.82, 2.24) is 10.6 Å². The first kappa shape index (κ1) is 34.6. The Kier molecular flexibility index (Phi) is 16.9. The van der Waals surface area contributed by atoms with Gasteiger partial charge < -0.3 is 61.1 Å². The molecule has 5 atom stereocenters. The smallest absolute Gasteiger partial charge is 0.370 e. The van der Waals surface area contributed by atoms with E-state index in [1.165, 1.54) is 6.92 Å². The van der Waals surface area contributed by atoms with Crippen LogP contribution in [-0.2, 0) is 38.1 Å². The number of aliphatic hydroxyl groups is 2. The molecule has 1 heterocycles. The lowest BCUT2D eigenvalue weighted by atomic mass is 9.92. The highest BCUT2D eigenvalue weighted by atomic mass is 16.6. The van der Waals surface area contributed by atoms with Crippen LogP contribution in [0.2, 0.25) is 0 Å². The monoisotopic (exact) mass is 573 g/mol. The zero-order valence-corrected chi connectivity index (χ0v) is 22.3. The van der Waals surface area contributed by atoms with E-state index in [-0.39, 0.29) is 26.2 Å². The molecule has 2 amide bonds. The summed E-state index contributed by atoms with van der Waals surface area (Å²) in [5, 5.41) is 35.5. The fourth-order valence-corrected chi connectivity index (χ4v) is 3.41. The summed E-state index contributed by atoms with van der Waals surface area (Å²) >= 11 is 0. The predicted molar refractivity (Wildman–Crippen MR) is 140 cm³/mol. The molecule has 1 aliphatic heterocycles. The van der Waals surface area contributed by atoms with Crippen LogP contribution in [-0.4, -0.2) is 129 Å². The van der Waals surface area contributed by atoms with Crippen LogP contribution < -0.4 is 22.1 Å². The first-order chi connectivity index (χ1) is 19.1. The van der Waals surface area contributed by atoms with Gasteiger partial charge >= 0.3 is 5.97 Å². The Labute approximate surface area is 232 Å². The van der Waals surface area contributed by atoms with Crippen LogP contribution in [0.4, 0.5) is 0 Å². The van der Waals surface area contributed by atoms with Crippen molar-refractivity contribution in [1.29, 1.82) is 0 Å². The molecule has 0 radical (unpaired) electrons. The van der Waals surface area contributed by atoms with Gasteiger partial charge in [0.15, 0.2) is 5.96 Å². The van der Waals surface area contributed by atoms with Crippen LogP contribution in [0.3, 0.4) is 0 Å². The van der Waals surface area contributed by atoms with Gasteiger partial charge in [0.25, 0.3) is 0 Å². The summed E-state index contributed by atoms with van der Waals surface area (Å²) in [6, 6.07) is -2.24. The predicted octanol–water partition coefficient (Wildman–Crippen LogP) is -3.57. The number of aliphatic imine (C=N–C) groups is 1. The Morgan fingerprint density at radius 3 is 2.17 bits per heavy atom. The quantitative estimate of drug-likeness (QED) is 0.0323. The molecule has 0 spiro atoms. The van der Waals surface area contributed by atoms with Crippen LogP contribution >= 0.6 is 0 Å². The molecule has 0 aromatic rings. The van der Waals surface area contributed by atoms with Crippen LogP contribution in [0, 0.1) is 12.3 Å². The lowest BCUT2D eigenvalue weighted by Crippen LogP contribution is -2.60. The number of hydrogen-bond acceptors (Lipinski definition) is 11. The van der Waals surface area contributed by atoms with E-state index in [4.69, 9.17) is 41.6 Å². The maximum Gasteiger partial charge on any atom is 0.370 e. The lowest BCUT2D eigenvalue weighted by molar-refractivity contribution is -0.144. The van der Waals surface area contributed by atoms with Gasteiger partial charge in [-0.25, -0.2) is 9.79 Å². The molecule has 16 nitrogen and oxygen atoms in total. The number of aliphatic carboxylic acids is 1. The van der Waals surface area contributed by atoms with Gasteiger partial charge in [-0.3, -0.25) is 9.59 Å². The molecule has 0 fully saturated rings. The zero-order chi connectivity index (χ0) is 29.9. The number of ether oxygens (including phenoxy) is 5. The van der Waals surface area contributed by atoms with Crippen LogP contribution in [0.5, 0.6) is 0 Å². The van der Waals surface area contributed by atoms with Crippen molar-refractivity contribution in [3.05, 3.63) is 11.8 Å². The summed E-state index contributed by atoms with van der Waals surface area (Å²) in [5.74, 6) is -1.13. The van der Waals surface area contributed by atoms with E-state index in [9.17, 15) is 29.7 Å². The van der Waals surface area contributed by atoms with Crippen LogP contribution in [0.25, 0.3) is 0 Å². The highest BCUT2D eigenvalue weighted by Crippen LogP contribution is 2.24. The number of hydrogen-bond donors (Lipinski definition) is 7. The maximum absolute atomic E-state index is 12.1. The zero-order valence-electron chi connectivity index (χ0n) is 22.3. The van der Waals surface area contributed by atoms with E-state index in [2.05, 4.69) is 21.5 Å². The molecule has 0 unspecified atom stereocenters. The summed E-state index contributed by atoms with van der Waals surface area (Å²) in [7, 11) is 0. The van der Waals surface area contributed by atoms with Gasteiger partial charge in [0.2, 0.25) is 17.6 Å². The SMILES string of the molecule is C#CCOCCOCCOCCOCCC(=O)NC[C@@H](O)[C@@H](O)[C@@H]1OC(C(=O)O)=C[C@H](N=C(N)N)[C@H]1NC(C)=O. The van der Waals surface area contributed by atoms with Gasteiger partial charge in [0.1, 0.15) is 24.9 Å². The summed E-state index contributed by atoms with van der Waals surface area (Å²) < 4.78 is 26.3. The Balaban J connectivity index is 2.42. The molecule has 1 aliphatic rings. The Bertz CT molecular complexity index is 904. The van der Waals surface area contributed by atoms with E-state index in [0.717, 1.165) is 6.08 Å². The van der Waals surface area contributed by atoms with Crippen molar-refractivity contribution < 1.29 is 53.4 Å². The fourth-order valence-electron chi connectivity index (χ4n) is 3.41. The Hall–Kier alpha value is -3.46. The number of guanidine groups is 1. The summed E-state index contributed by atoms with van der Waals surface area (Å²) in [5.41, 5.74) is 10.8. The maximum atomic E-state index is 12.1. The number of amides is 2. The molecule has 0 aliphatic carbocycles. The summed E-state index contributed by atoms with van der Waals surface area (Å²) in [6.45, 7) is 3.22. The molecule has 226 valence electrons. The van der Waals surface area contributed by atoms with E-state index < -0.39 is 66.4 Å². The van der Waals surface area contributed by atoms with Gasteiger partial charge in [-0.15, -0.1) is 6.42 Å². The topological polar surface area (TPSA) is 247 Å². The van der Waals surface area contributed by atoms with E-state index in [1.54, 1.807) is 0 Å². The molecule has 16 heteroatoms. The van der Waals surface area contributed by atoms with E-state index >= 15 is 0 Å². The first-order valence-corrected chi connectivity index (χ1v) is 12.4. The first-order valence-electron chi connectivity index (χ1n) is 12.4. The summed E-state index contributed by atoms with van der Waals surface area (Å²) in [6.07, 6.45) is 1.28. The van der Waals surface area contributed by atoms with Gasteiger partial charge in [0, 0.05) is 19.9 Å². The molecule has 40 heavy (non-hydrogen) atoms. The minimum absolute atomic E-state index is 0.0313. The molecular weight excluding hydrogens is 534 g/mol. The van der Waals surface area contributed by atoms with E-state index in [0.29, 0.717) is 33.0 Å². The van der Waals surface area contributed by atoms with Crippen molar-refractivity contribution >= 4 is 23.7 Å². The average Bonchev–Trinajstić information content (AvgIpc) is 2.89. The molecule has 0 aromatic heterocycles. The lowest BCUT2D eigenvalue weighted by Gasteiger charge is -2.38.